The fourth-order valence-electron chi connectivity index (χ4n) is 11.8. The average Bonchev–Trinajstić information content (AvgIpc) is 3.45. The predicted octanol–water partition coefficient (Wildman–Crippen LogP) is 23.5. The van der Waals surface area contributed by atoms with Crippen molar-refractivity contribution in [1.82, 2.24) is 5.32 Å². The van der Waals surface area contributed by atoms with Gasteiger partial charge in [0.25, 0.3) is 0 Å². The van der Waals surface area contributed by atoms with E-state index in [0.29, 0.717) is 19.4 Å². The first kappa shape index (κ1) is 77.6. The lowest BCUT2D eigenvalue weighted by Crippen LogP contribution is -2.45. The van der Waals surface area contributed by atoms with Crippen molar-refractivity contribution in [3.8, 4) is 0 Å². The first-order chi connectivity index (χ1) is 39.0. The lowest BCUT2D eigenvalue weighted by Gasteiger charge is -2.20. The number of amides is 1. The second-order valence-electron chi connectivity index (χ2n) is 25.3. The van der Waals surface area contributed by atoms with E-state index < -0.39 is 12.1 Å². The van der Waals surface area contributed by atoms with Crippen LogP contribution < -0.4 is 5.32 Å². The number of aliphatic hydroxyl groups excluding tert-OH is 2. The minimum atomic E-state index is -0.840. The SMILES string of the molecule is CCCCCCCCCCCCCCC/C=C/C(O)C(CO)NC(=O)CCCCCCCCCCCCCCCCCCCCCCCCCCCCCCCCCOC(=O)CCCCCCCCCCCCCCCCCC. The Hall–Kier alpha value is -1.40. The standard InChI is InChI=1S/C73H143NO5/c1-3-5-7-9-11-13-15-17-19-39-43-47-51-55-59-63-67-73(78)79-68-64-60-56-52-48-44-40-36-34-32-30-28-26-24-22-20-21-23-25-27-29-31-33-35-38-42-46-50-54-58-62-66-72(77)74-70(69-75)71(76)65-61-57-53-49-45-41-37-18-16-14-12-10-8-6-4-2/h61,65,70-71,75-76H,3-60,62-64,66-69H2,1-2H3,(H,74,77)/b65-61+. The number of ether oxygens (including phenoxy) is 1. The Morgan fingerprint density at radius 1 is 0.342 bits per heavy atom. The molecule has 0 aliphatic heterocycles. The number of rotatable bonds is 69. The average molecular weight is 1110 g/mol. The van der Waals surface area contributed by atoms with Crippen LogP contribution in [0.1, 0.15) is 418 Å². The number of nitrogens with one attached hydrogen (secondary N) is 1. The molecule has 0 heterocycles. The normalized spacial score (nSPS) is 12.5. The van der Waals surface area contributed by atoms with Crippen LogP contribution in [0.25, 0.3) is 0 Å². The van der Waals surface area contributed by atoms with Crippen LogP contribution in [0, 0.1) is 0 Å². The Labute approximate surface area is 495 Å². The fourth-order valence-corrected chi connectivity index (χ4v) is 11.8. The van der Waals surface area contributed by atoms with E-state index in [1.807, 2.05) is 6.08 Å². The Morgan fingerprint density at radius 3 is 0.861 bits per heavy atom. The predicted molar refractivity (Wildman–Crippen MR) is 347 cm³/mol. The molecule has 0 aromatic carbocycles. The molecule has 1 amide bonds. The first-order valence-corrected chi connectivity index (χ1v) is 36.5. The molecule has 3 N–H and O–H groups in total. The maximum Gasteiger partial charge on any atom is 0.305 e. The van der Waals surface area contributed by atoms with Gasteiger partial charge in [-0.3, -0.25) is 9.59 Å². The van der Waals surface area contributed by atoms with Crippen LogP contribution in [0.5, 0.6) is 0 Å². The summed E-state index contributed by atoms with van der Waals surface area (Å²) in [5.41, 5.74) is 0. The Balaban J connectivity index is 3.32. The summed E-state index contributed by atoms with van der Waals surface area (Å²) in [5, 5.41) is 23.2. The van der Waals surface area contributed by atoms with Crippen LogP contribution in [0.4, 0.5) is 0 Å². The van der Waals surface area contributed by atoms with Crippen molar-refractivity contribution in [2.24, 2.45) is 0 Å². The van der Waals surface area contributed by atoms with E-state index in [1.165, 1.54) is 353 Å². The van der Waals surface area contributed by atoms with Crippen LogP contribution in [0.3, 0.4) is 0 Å². The molecule has 0 aliphatic carbocycles. The molecule has 0 saturated carbocycles. The molecule has 0 spiro atoms. The smallest absolute Gasteiger partial charge is 0.305 e. The molecule has 470 valence electrons. The van der Waals surface area contributed by atoms with E-state index in [-0.39, 0.29) is 18.5 Å². The highest BCUT2D eigenvalue weighted by Gasteiger charge is 2.18. The fraction of sp³-hybridized carbons (Fsp3) is 0.945. The summed E-state index contributed by atoms with van der Waals surface area (Å²) in [6.07, 6.45) is 85.9. The van der Waals surface area contributed by atoms with Crippen molar-refractivity contribution in [2.75, 3.05) is 13.2 Å². The summed E-state index contributed by atoms with van der Waals surface area (Å²) in [6.45, 7) is 4.95. The molecule has 0 bridgehead atoms. The topological polar surface area (TPSA) is 95.9 Å². The van der Waals surface area contributed by atoms with Crippen LogP contribution in [-0.4, -0.2) is 47.4 Å². The summed E-state index contributed by atoms with van der Waals surface area (Å²) < 4.78 is 5.51. The van der Waals surface area contributed by atoms with Crippen molar-refractivity contribution in [1.29, 1.82) is 0 Å². The monoisotopic (exact) mass is 1110 g/mol. The van der Waals surface area contributed by atoms with Gasteiger partial charge in [0.15, 0.2) is 0 Å². The van der Waals surface area contributed by atoms with Crippen LogP contribution in [0.2, 0.25) is 0 Å². The zero-order chi connectivity index (χ0) is 57.1. The largest absolute Gasteiger partial charge is 0.466 e. The molecule has 0 rings (SSSR count). The minimum Gasteiger partial charge on any atom is -0.466 e. The van der Waals surface area contributed by atoms with E-state index in [1.54, 1.807) is 6.08 Å². The number of hydrogen-bond acceptors (Lipinski definition) is 5. The number of aliphatic hydroxyl groups is 2. The quantitative estimate of drug-likeness (QED) is 0.0320. The van der Waals surface area contributed by atoms with Crippen molar-refractivity contribution in [3.63, 3.8) is 0 Å². The second kappa shape index (κ2) is 69.1. The Morgan fingerprint density at radius 2 is 0.582 bits per heavy atom. The van der Waals surface area contributed by atoms with Gasteiger partial charge >= 0.3 is 5.97 Å². The molecule has 0 aliphatic rings. The molecule has 0 saturated heterocycles. The summed E-state index contributed by atoms with van der Waals surface area (Å²) in [6, 6.07) is -0.624. The molecule has 0 radical (unpaired) electrons. The highest BCUT2D eigenvalue weighted by Crippen LogP contribution is 2.19. The summed E-state index contributed by atoms with van der Waals surface area (Å²) in [5.74, 6) is -0.0358. The lowest BCUT2D eigenvalue weighted by molar-refractivity contribution is -0.143. The van der Waals surface area contributed by atoms with Gasteiger partial charge in [0, 0.05) is 12.8 Å². The number of unbranched alkanes of at least 4 members (excludes halogenated alkanes) is 58. The summed E-state index contributed by atoms with van der Waals surface area (Å²) in [4.78, 5) is 24.6. The van der Waals surface area contributed by atoms with Gasteiger partial charge in [0.2, 0.25) is 5.91 Å². The second-order valence-corrected chi connectivity index (χ2v) is 25.3. The number of carbonyl (C=O) groups is 2. The molecular weight excluding hydrogens is 971 g/mol. The third-order valence-corrected chi connectivity index (χ3v) is 17.3. The Bertz CT molecular complexity index is 1190. The van der Waals surface area contributed by atoms with E-state index >= 15 is 0 Å². The van der Waals surface area contributed by atoms with Gasteiger partial charge < -0.3 is 20.3 Å². The number of esters is 1. The van der Waals surface area contributed by atoms with Crippen LogP contribution in [0.15, 0.2) is 12.2 Å². The number of hydrogen-bond donors (Lipinski definition) is 3. The van der Waals surface area contributed by atoms with Crippen molar-refractivity contribution in [3.05, 3.63) is 12.2 Å². The third kappa shape index (κ3) is 65.6. The van der Waals surface area contributed by atoms with Crippen molar-refractivity contribution < 1.29 is 24.5 Å². The molecule has 79 heavy (non-hydrogen) atoms. The molecule has 2 unspecified atom stereocenters. The van der Waals surface area contributed by atoms with Crippen LogP contribution >= 0.6 is 0 Å². The molecule has 0 aromatic heterocycles. The summed E-state index contributed by atoms with van der Waals surface area (Å²) in [7, 11) is 0. The zero-order valence-corrected chi connectivity index (χ0v) is 53.9. The van der Waals surface area contributed by atoms with E-state index in [4.69, 9.17) is 4.74 Å². The number of carbonyl (C=O) groups excluding carboxylic acids is 2. The summed E-state index contributed by atoms with van der Waals surface area (Å²) >= 11 is 0. The first-order valence-electron chi connectivity index (χ1n) is 36.5. The van der Waals surface area contributed by atoms with E-state index in [9.17, 15) is 19.8 Å². The molecule has 0 aromatic rings. The van der Waals surface area contributed by atoms with Gasteiger partial charge in [-0.15, -0.1) is 0 Å². The van der Waals surface area contributed by atoms with E-state index in [0.717, 1.165) is 38.5 Å². The van der Waals surface area contributed by atoms with Crippen molar-refractivity contribution >= 4 is 11.9 Å². The molecule has 0 fully saturated rings. The van der Waals surface area contributed by atoms with Gasteiger partial charge in [-0.05, 0) is 32.1 Å². The minimum absolute atomic E-state index is 0.0248. The van der Waals surface area contributed by atoms with Gasteiger partial charge in [0.1, 0.15) is 0 Å². The highest BCUT2D eigenvalue weighted by atomic mass is 16.5. The zero-order valence-electron chi connectivity index (χ0n) is 53.9. The molecule has 6 heteroatoms. The van der Waals surface area contributed by atoms with E-state index in [2.05, 4.69) is 19.2 Å². The maximum absolute atomic E-state index is 12.5. The number of allylic oxidation sites excluding steroid dienone is 1. The lowest BCUT2D eigenvalue weighted by atomic mass is 10.0. The highest BCUT2D eigenvalue weighted by molar-refractivity contribution is 5.76. The van der Waals surface area contributed by atoms with Gasteiger partial charge in [-0.25, -0.2) is 0 Å². The molecular formula is C73H143NO5. The Kier molecular flexibility index (Phi) is 67.9. The third-order valence-electron chi connectivity index (χ3n) is 17.3. The van der Waals surface area contributed by atoms with Crippen LogP contribution in [-0.2, 0) is 14.3 Å². The molecule has 6 nitrogen and oxygen atoms in total. The van der Waals surface area contributed by atoms with Gasteiger partial charge in [-0.1, -0.05) is 386 Å². The van der Waals surface area contributed by atoms with Crippen molar-refractivity contribution in [2.45, 2.75) is 431 Å². The van der Waals surface area contributed by atoms with Gasteiger partial charge in [-0.2, -0.15) is 0 Å². The van der Waals surface area contributed by atoms with Gasteiger partial charge in [0.05, 0.1) is 25.4 Å². The molecule has 2 atom stereocenters. The maximum atomic E-state index is 12.5.